The SMILES string of the molecule is CCOc1ccc(S(=O)(=O)N(CC(=O)NCCSC(C)(C)C)c2ccc(F)cc2)cc1. The summed E-state index contributed by atoms with van der Waals surface area (Å²) in [5.41, 5.74) is 0.203. The molecule has 0 saturated heterocycles. The summed E-state index contributed by atoms with van der Waals surface area (Å²) in [6.45, 7) is 8.54. The molecule has 170 valence electrons. The topological polar surface area (TPSA) is 75.7 Å². The lowest BCUT2D eigenvalue weighted by Gasteiger charge is -2.24. The highest BCUT2D eigenvalue weighted by Gasteiger charge is 2.27. The van der Waals surface area contributed by atoms with Gasteiger partial charge in [-0.1, -0.05) is 20.8 Å². The molecule has 0 aliphatic carbocycles. The first-order chi connectivity index (χ1) is 14.5. The summed E-state index contributed by atoms with van der Waals surface area (Å²) in [5.74, 6) is 0.320. The second kappa shape index (κ2) is 10.9. The zero-order valence-electron chi connectivity index (χ0n) is 18.2. The molecule has 0 aliphatic heterocycles. The Hall–Kier alpha value is -2.26. The number of sulfonamides is 1. The molecule has 0 bridgehead atoms. The number of amides is 1. The van der Waals surface area contributed by atoms with Crippen LogP contribution in [0.3, 0.4) is 0 Å². The maximum atomic E-state index is 13.4. The van der Waals surface area contributed by atoms with Crippen molar-refractivity contribution >= 4 is 33.4 Å². The van der Waals surface area contributed by atoms with Gasteiger partial charge in [-0.15, -0.1) is 0 Å². The van der Waals surface area contributed by atoms with Crippen LogP contribution in [0.15, 0.2) is 53.4 Å². The van der Waals surface area contributed by atoms with Crippen molar-refractivity contribution < 1.29 is 22.3 Å². The van der Waals surface area contributed by atoms with Crippen LogP contribution in [0.5, 0.6) is 5.75 Å². The summed E-state index contributed by atoms with van der Waals surface area (Å²) >= 11 is 1.70. The van der Waals surface area contributed by atoms with E-state index in [9.17, 15) is 17.6 Å². The summed E-state index contributed by atoms with van der Waals surface area (Å²) in [7, 11) is -4.06. The molecule has 0 heterocycles. The predicted molar refractivity (Wildman–Crippen MR) is 124 cm³/mol. The Kier molecular flexibility index (Phi) is 8.76. The van der Waals surface area contributed by atoms with Gasteiger partial charge in [-0.25, -0.2) is 12.8 Å². The van der Waals surface area contributed by atoms with Gasteiger partial charge in [0.05, 0.1) is 17.2 Å². The van der Waals surface area contributed by atoms with E-state index in [-0.39, 0.29) is 15.3 Å². The van der Waals surface area contributed by atoms with Crippen molar-refractivity contribution in [3.05, 3.63) is 54.3 Å². The van der Waals surface area contributed by atoms with Crippen molar-refractivity contribution in [1.82, 2.24) is 5.32 Å². The van der Waals surface area contributed by atoms with E-state index in [0.717, 1.165) is 16.4 Å². The minimum absolute atomic E-state index is 0.0105. The number of carbonyl (C=O) groups is 1. The molecule has 0 spiro atoms. The smallest absolute Gasteiger partial charge is 0.264 e. The molecule has 0 atom stereocenters. The van der Waals surface area contributed by atoms with Crippen molar-refractivity contribution in [3.63, 3.8) is 0 Å². The molecule has 0 aromatic heterocycles. The van der Waals surface area contributed by atoms with Gasteiger partial charge in [-0.2, -0.15) is 11.8 Å². The number of ether oxygens (including phenoxy) is 1. The van der Waals surface area contributed by atoms with Crippen LogP contribution < -0.4 is 14.4 Å². The molecule has 1 N–H and O–H groups in total. The Bertz CT molecular complexity index is 957. The fourth-order valence-corrected chi connectivity index (χ4v) is 4.90. The minimum Gasteiger partial charge on any atom is -0.494 e. The molecule has 1 amide bonds. The molecule has 6 nitrogen and oxygen atoms in total. The lowest BCUT2D eigenvalue weighted by Crippen LogP contribution is -2.41. The van der Waals surface area contributed by atoms with Gasteiger partial charge in [-0.05, 0) is 55.5 Å². The number of hydrogen-bond donors (Lipinski definition) is 1. The Morgan fingerprint density at radius 2 is 1.71 bits per heavy atom. The average molecular weight is 469 g/mol. The Morgan fingerprint density at radius 1 is 1.10 bits per heavy atom. The van der Waals surface area contributed by atoms with Crippen molar-refractivity contribution in [2.45, 2.75) is 37.3 Å². The second-order valence-corrected chi connectivity index (χ2v) is 11.5. The Balaban J connectivity index is 2.22. The van der Waals surface area contributed by atoms with E-state index < -0.39 is 28.3 Å². The number of anilines is 1. The lowest BCUT2D eigenvalue weighted by molar-refractivity contribution is -0.119. The molecular weight excluding hydrogens is 439 g/mol. The van der Waals surface area contributed by atoms with E-state index in [1.54, 1.807) is 23.9 Å². The third-order valence-electron chi connectivity index (χ3n) is 4.08. The van der Waals surface area contributed by atoms with E-state index in [2.05, 4.69) is 26.1 Å². The van der Waals surface area contributed by atoms with Gasteiger partial charge in [0, 0.05) is 17.0 Å². The van der Waals surface area contributed by atoms with Crippen molar-refractivity contribution in [3.8, 4) is 5.75 Å². The zero-order chi connectivity index (χ0) is 23.1. The highest BCUT2D eigenvalue weighted by atomic mass is 32.2. The molecule has 0 fully saturated rings. The fraction of sp³-hybridized carbons (Fsp3) is 0.409. The van der Waals surface area contributed by atoms with Gasteiger partial charge in [0.15, 0.2) is 0 Å². The highest BCUT2D eigenvalue weighted by Crippen LogP contribution is 2.25. The van der Waals surface area contributed by atoms with Crippen LogP contribution in [-0.4, -0.2) is 44.5 Å². The highest BCUT2D eigenvalue weighted by molar-refractivity contribution is 8.00. The van der Waals surface area contributed by atoms with E-state index in [0.29, 0.717) is 24.7 Å². The number of carbonyl (C=O) groups excluding carboxylic acids is 1. The fourth-order valence-electron chi connectivity index (χ4n) is 2.66. The van der Waals surface area contributed by atoms with Gasteiger partial charge in [0.25, 0.3) is 10.0 Å². The number of rotatable bonds is 10. The van der Waals surface area contributed by atoms with Crippen LogP contribution >= 0.6 is 11.8 Å². The molecule has 2 aromatic carbocycles. The summed E-state index contributed by atoms with van der Waals surface area (Å²) in [6.07, 6.45) is 0. The molecule has 0 unspecified atom stereocenters. The van der Waals surface area contributed by atoms with Gasteiger partial charge in [0.1, 0.15) is 18.1 Å². The van der Waals surface area contributed by atoms with Gasteiger partial charge >= 0.3 is 0 Å². The van der Waals surface area contributed by atoms with E-state index in [4.69, 9.17) is 4.74 Å². The molecular formula is C22H29FN2O4S2. The third-order valence-corrected chi connectivity index (χ3v) is 7.15. The van der Waals surface area contributed by atoms with E-state index in [1.165, 1.54) is 24.3 Å². The quantitative estimate of drug-likeness (QED) is 0.532. The van der Waals surface area contributed by atoms with Gasteiger partial charge in [-0.3, -0.25) is 9.10 Å². The maximum Gasteiger partial charge on any atom is 0.264 e. The average Bonchev–Trinajstić information content (AvgIpc) is 2.70. The normalized spacial score (nSPS) is 11.8. The first-order valence-corrected chi connectivity index (χ1v) is 12.4. The zero-order valence-corrected chi connectivity index (χ0v) is 19.9. The van der Waals surface area contributed by atoms with Crippen molar-refractivity contribution in [2.24, 2.45) is 0 Å². The number of halogens is 1. The van der Waals surface area contributed by atoms with Crippen molar-refractivity contribution in [2.75, 3.05) is 29.8 Å². The van der Waals surface area contributed by atoms with Crippen LogP contribution in [0.25, 0.3) is 0 Å². The monoisotopic (exact) mass is 468 g/mol. The van der Waals surface area contributed by atoms with E-state index >= 15 is 0 Å². The number of benzene rings is 2. The second-order valence-electron chi connectivity index (χ2n) is 7.70. The van der Waals surface area contributed by atoms with Crippen LogP contribution in [0, 0.1) is 5.82 Å². The standard InChI is InChI=1S/C22H29FN2O4S2/c1-5-29-19-10-12-20(13-11-19)31(27,28)25(18-8-6-17(23)7-9-18)16-21(26)24-14-15-30-22(2,3)4/h6-13H,5,14-16H2,1-4H3,(H,24,26). The summed E-state index contributed by atoms with van der Waals surface area (Å²) < 4.78 is 46.4. The van der Waals surface area contributed by atoms with Crippen LogP contribution in [-0.2, 0) is 14.8 Å². The number of nitrogens with one attached hydrogen (secondary N) is 1. The van der Waals surface area contributed by atoms with Crippen LogP contribution in [0.4, 0.5) is 10.1 Å². The minimum atomic E-state index is -4.06. The van der Waals surface area contributed by atoms with Gasteiger partial charge in [0.2, 0.25) is 5.91 Å². The molecule has 0 radical (unpaired) electrons. The molecule has 0 saturated carbocycles. The van der Waals surface area contributed by atoms with Crippen LogP contribution in [0.2, 0.25) is 0 Å². The molecule has 9 heteroatoms. The first kappa shape index (κ1) is 25.0. The Morgan fingerprint density at radius 3 is 2.26 bits per heavy atom. The van der Waals surface area contributed by atoms with E-state index in [1.807, 2.05) is 6.92 Å². The number of nitrogens with zero attached hydrogens (tertiary/aromatic N) is 1. The summed E-state index contributed by atoms with van der Waals surface area (Å²) in [4.78, 5) is 12.5. The first-order valence-electron chi connectivity index (χ1n) is 9.95. The largest absolute Gasteiger partial charge is 0.494 e. The van der Waals surface area contributed by atoms with Crippen LogP contribution in [0.1, 0.15) is 27.7 Å². The lowest BCUT2D eigenvalue weighted by atomic mass is 10.3. The third kappa shape index (κ3) is 7.74. The molecule has 31 heavy (non-hydrogen) atoms. The Labute approximate surface area is 188 Å². The molecule has 2 rings (SSSR count). The summed E-state index contributed by atoms with van der Waals surface area (Å²) in [6, 6.07) is 11.0. The van der Waals surface area contributed by atoms with Gasteiger partial charge < -0.3 is 10.1 Å². The molecule has 2 aromatic rings. The number of hydrogen-bond acceptors (Lipinski definition) is 5. The molecule has 0 aliphatic rings. The summed E-state index contributed by atoms with van der Waals surface area (Å²) in [5, 5.41) is 2.76. The predicted octanol–water partition coefficient (Wildman–Crippen LogP) is 4.07. The van der Waals surface area contributed by atoms with Crippen molar-refractivity contribution in [1.29, 1.82) is 0 Å². The number of thioether (sulfide) groups is 1. The maximum absolute atomic E-state index is 13.4.